The molecule has 0 amide bonds. The Morgan fingerprint density at radius 3 is 2.82 bits per heavy atom. The summed E-state index contributed by atoms with van der Waals surface area (Å²) >= 11 is 0. The van der Waals surface area contributed by atoms with Gasteiger partial charge in [-0.15, -0.1) is 0 Å². The number of anilines is 2. The van der Waals surface area contributed by atoms with Crippen molar-refractivity contribution in [3.63, 3.8) is 0 Å². The molecule has 0 bridgehead atoms. The highest BCUT2D eigenvalue weighted by molar-refractivity contribution is 5.77. The Kier molecular flexibility index (Phi) is 4.20. The van der Waals surface area contributed by atoms with Gasteiger partial charge in [-0.1, -0.05) is 13.0 Å². The molecule has 172 valence electrons. The highest BCUT2D eigenvalue weighted by Crippen LogP contribution is 2.46. The van der Waals surface area contributed by atoms with Crippen LogP contribution in [0.2, 0.25) is 0 Å². The summed E-state index contributed by atoms with van der Waals surface area (Å²) in [6, 6.07) is 8.40. The Bertz CT molecular complexity index is 1490. The van der Waals surface area contributed by atoms with E-state index in [1.54, 1.807) is 17.1 Å². The van der Waals surface area contributed by atoms with Crippen molar-refractivity contribution in [2.75, 3.05) is 11.9 Å². The Balaban J connectivity index is 1.34. The van der Waals surface area contributed by atoms with E-state index in [0.29, 0.717) is 22.8 Å². The minimum atomic E-state index is -0.0679. The van der Waals surface area contributed by atoms with Crippen LogP contribution in [-0.2, 0) is 18.4 Å². The van der Waals surface area contributed by atoms with Crippen LogP contribution in [0.1, 0.15) is 55.6 Å². The number of rotatable bonds is 5. The van der Waals surface area contributed by atoms with Gasteiger partial charge in [0.2, 0.25) is 5.95 Å². The van der Waals surface area contributed by atoms with Gasteiger partial charge in [-0.05, 0) is 61.9 Å². The molecule has 2 saturated carbocycles. The lowest BCUT2D eigenvalue weighted by molar-refractivity contribution is 0.548. The molecule has 1 aromatic carbocycles. The normalized spacial score (nSPS) is 18.6. The summed E-state index contributed by atoms with van der Waals surface area (Å²) in [5, 5.41) is 7.26. The van der Waals surface area contributed by atoms with E-state index in [1.807, 2.05) is 10.7 Å². The summed E-state index contributed by atoms with van der Waals surface area (Å²) in [5.41, 5.74) is 4.13. The molecular weight excluding hydrogens is 428 g/mol. The van der Waals surface area contributed by atoms with E-state index >= 15 is 0 Å². The quantitative estimate of drug-likeness (QED) is 0.478. The molecular formula is C25H26N8O. The van der Waals surface area contributed by atoms with Gasteiger partial charge in [0.25, 0.3) is 5.56 Å². The van der Waals surface area contributed by atoms with Crippen LogP contribution in [0.4, 0.5) is 11.6 Å². The molecule has 9 heteroatoms. The molecule has 0 saturated heterocycles. The molecule has 9 nitrogen and oxygen atoms in total. The van der Waals surface area contributed by atoms with Gasteiger partial charge in [0.15, 0.2) is 11.5 Å². The third-order valence-electron chi connectivity index (χ3n) is 7.26. The van der Waals surface area contributed by atoms with Crippen molar-refractivity contribution in [2.24, 2.45) is 0 Å². The maximum absolute atomic E-state index is 13.3. The second-order valence-corrected chi connectivity index (χ2v) is 9.96. The van der Waals surface area contributed by atoms with Gasteiger partial charge in [0, 0.05) is 36.1 Å². The van der Waals surface area contributed by atoms with Gasteiger partial charge < -0.3 is 10.6 Å². The summed E-state index contributed by atoms with van der Waals surface area (Å²) < 4.78 is 3.67. The number of hydrogen-bond donors (Lipinski definition) is 2. The molecule has 2 aliphatic carbocycles. The zero-order chi connectivity index (χ0) is 22.9. The first-order valence-electron chi connectivity index (χ1n) is 12.0. The molecule has 0 unspecified atom stereocenters. The summed E-state index contributed by atoms with van der Waals surface area (Å²) in [4.78, 5) is 32.0. The van der Waals surface area contributed by atoms with Crippen molar-refractivity contribution in [3.05, 3.63) is 64.0 Å². The molecule has 0 spiro atoms. The molecule has 3 aliphatic rings. The number of fused-ring (bicyclic) bond motifs is 2. The lowest BCUT2D eigenvalue weighted by Crippen LogP contribution is -2.23. The molecule has 4 aromatic rings. The maximum Gasteiger partial charge on any atom is 0.278 e. The highest BCUT2D eigenvalue weighted by Gasteiger charge is 2.42. The van der Waals surface area contributed by atoms with Crippen LogP contribution in [0.3, 0.4) is 0 Å². The van der Waals surface area contributed by atoms with E-state index in [4.69, 9.17) is 9.97 Å². The summed E-state index contributed by atoms with van der Waals surface area (Å²) in [6.07, 6.45) is 8.60. The van der Waals surface area contributed by atoms with Crippen molar-refractivity contribution >= 4 is 22.7 Å². The second-order valence-electron chi connectivity index (χ2n) is 9.96. The van der Waals surface area contributed by atoms with Crippen LogP contribution in [0, 0.1) is 0 Å². The summed E-state index contributed by atoms with van der Waals surface area (Å²) in [7, 11) is 0. The average molecular weight is 455 g/mol. The van der Waals surface area contributed by atoms with Gasteiger partial charge >= 0.3 is 0 Å². The Labute approximate surface area is 196 Å². The molecule has 4 heterocycles. The lowest BCUT2D eigenvalue weighted by atomic mass is 10.0. The van der Waals surface area contributed by atoms with Crippen molar-refractivity contribution in [1.29, 1.82) is 0 Å². The smallest absolute Gasteiger partial charge is 0.278 e. The van der Waals surface area contributed by atoms with Gasteiger partial charge in [-0.3, -0.25) is 4.79 Å². The molecule has 3 aromatic heterocycles. The minimum absolute atomic E-state index is 0.0344. The number of benzene rings is 1. The predicted octanol–water partition coefficient (Wildman–Crippen LogP) is 3.15. The number of aromatic nitrogens is 6. The van der Waals surface area contributed by atoms with E-state index in [2.05, 4.69) is 45.7 Å². The Hall–Kier alpha value is -3.59. The first-order valence-corrected chi connectivity index (χ1v) is 12.0. The Morgan fingerprint density at radius 2 is 2.00 bits per heavy atom. The van der Waals surface area contributed by atoms with Gasteiger partial charge in [-0.2, -0.15) is 4.98 Å². The standard InChI is InChI=1S/C25H26N8O/c1-25(8-9-25)23-27-11-7-20(30-23)33-21-19(22(34)32(33)18-4-5-18)14-28-24(31-21)29-17-3-2-15-6-10-26-13-16(15)12-17/h2-3,7,11-12,14,18,26H,4-6,8-10,13H2,1H3,(H,28,29,31). The third-order valence-corrected chi connectivity index (χ3v) is 7.26. The Morgan fingerprint density at radius 1 is 1.12 bits per heavy atom. The minimum Gasteiger partial charge on any atom is -0.324 e. The molecule has 34 heavy (non-hydrogen) atoms. The average Bonchev–Trinajstić information content (AvgIpc) is 3.80. The molecule has 0 atom stereocenters. The monoisotopic (exact) mass is 454 g/mol. The third kappa shape index (κ3) is 3.22. The first kappa shape index (κ1) is 19.8. The zero-order valence-corrected chi connectivity index (χ0v) is 19.1. The molecule has 7 rings (SSSR count). The fraction of sp³-hybridized carbons (Fsp3) is 0.400. The van der Waals surface area contributed by atoms with Crippen LogP contribution in [0.15, 0.2) is 41.5 Å². The maximum atomic E-state index is 13.3. The van der Waals surface area contributed by atoms with E-state index in [0.717, 1.165) is 56.7 Å². The van der Waals surface area contributed by atoms with Crippen LogP contribution in [-0.4, -0.2) is 35.8 Å². The summed E-state index contributed by atoms with van der Waals surface area (Å²) in [6.45, 7) is 4.06. The van der Waals surface area contributed by atoms with E-state index < -0.39 is 0 Å². The highest BCUT2D eigenvalue weighted by atomic mass is 16.1. The zero-order valence-electron chi connectivity index (χ0n) is 19.1. The van der Waals surface area contributed by atoms with E-state index in [1.165, 1.54) is 11.1 Å². The van der Waals surface area contributed by atoms with Gasteiger partial charge in [0.1, 0.15) is 11.2 Å². The number of nitrogens with one attached hydrogen (secondary N) is 2. The van der Waals surface area contributed by atoms with Crippen molar-refractivity contribution in [1.82, 2.24) is 34.6 Å². The van der Waals surface area contributed by atoms with Crippen LogP contribution in [0.5, 0.6) is 0 Å². The SMILES string of the molecule is CC1(c2nccc(-n3c4nc(Nc5ccc6c(c5)CNCC6)ncc4c(=O)n3C3CC3)n2)CC1. The topological polar surface area (TPSA) is 103 Å². The molecule has 2 N–H and O–H groups in total. The molecule has 1 aliphatic heterocycles. The predicted molar refractivity (Wildman–Crippen MR) is 129 cm³/mol. The van der Waals surface area contributed by atoms with Crippen molar-refractivity contribution < 1.29 is 0 Å². The number of nitrogens with zero attached hydrogens (tertiary/aromatic N) is 6. The fourth-order valence-corrected chi connectivity index (χ4v) is 4.79. The first-order chi connectivity index (χ1) is 16.6. The summed E-state index contributed by atoms with van der Waals surface area (Å²) in [5.74, 6) is 1.97. The fourth-order valence-electron chi connectivity index (χ4n) is 4.79. The lowest BCUT2D eigenvalue weighted by Gasteiger charge is -2.18. The van der Waals surface area contributed by atoms with Crippen LogP contribution in [0.25, 0.3) is 16.9 Å². The van der Waals surface area contributed by atoms with Crippen molar-refractivity contribution in [2.45, 2.75) is 57.0 Å². The van der Waals surface area contributed by atoms with Gasteiger partial charge in [-0.25, -0.2) is 24.3 Å². The van der Waals surface area contributed by atoms with Gasteiger partial charge in [0.05, 0.1) is 6.04 Å². The van der Waals surface area contributed by atoms with Crippen LogP contribution >= 0.6 is 0 Å². The van der Waals surface area contributed by atoms with Crippen LogP contribution < -0.4 is 16.2 Å². The largest absolute Gasteiger partial charge is 0.324 e. The van der Waals surface area contributed by atoms with E-state index in [9.17, 15) is 4.79 Å². The molecule has 0 radical (unpaired) electrons. The van der Waals surface area contributed by atoms with Crippen molar-refractivity contribution in [3.8, 4) is 5.82 Å². The number of hydrogen-bond acceptors (Lipinski definition) is 7. The van der Waals surface area contributed by atoms with E-state index in [-0.39, 0.29) is 17.0 Å². The molecule has 2 fully saturated rings. The second kappa shape index (κ2) is 7.20.